The van der Waals surface area contributed by atoms with E-state index in [0.29, 0.717) is 5.92 Å². The van der Waals surface area contributed by atoms with E-state index in [1.165, 1.54) is 55.0 Å². The Morgan fingerprint density at radius 3 is 1.94 bits per heavy atom. The van der Waals surface area contributed by atoms with Gasteiger partial charge in [0.2, 0.25) is 0 Å². The third kappa shape index (κ3) is 10.9. The first kappa shape index (κ1) is 32.0. The van der Waals surface area contributed by atoms with Crippen molar-refractivity contribution in [2.24, 2.45) is 11.7 Å². The average molecular weight is 464 g/mol. The van der Waals surface area contributed by atoms with Crippen molar-refractivity contribution in [2.75, 3.05) is 7.05 Å². The molecule has 0 amide bonds. The van der Waals surface area contributed by atoms with E-state index in [1.807, 2.05) is 31.8 Å². The summed E-state index contributed by atoms with van der Waals surface area (Å²) in [5.41, 5.74) is 9.67. The Morgan fingerprint density at radius 1 is 0.969 bits per heavy atom. The zero-order valence-corrected chi connectivity index (χ0v) is 21.5. The molecule has 2 N–H and O–H groups in total. The van der Waals surface area contributed by atoms with Gasteiger partial charge in [0.05, 0.1) is 0 Å². The van der Waals surface area contributed by atoms with Gasteiger partial charge in [-0.2, -0.15) is 0 Å². The molecule has 4 nitrogen and oxygen atoms in total. The first-order valence-electron chi connectivity index (χ1n) is 11.1. The molecule has 0 aromatic heterocycles. The predicted octanol–water partition coefficient (Wildman–Crippen LogP) is 7.06. The molecule has 2 aromatic rings. The van der Waals surface area contributed by atoms with Crippen LogP contribution >= 0.6 is 11.6 Å². The molecule has 0 spiro atoms. The quantitative estimate of drug-likeness (QED) is 0.481. The average Bonchev–Trinajstić information content (AvgIpc) is 3.14. The van der Waals surface area contributed by atoms with Crippen LogP contribution < -0.4 is 10.5 Å². The smallest absolute Gasteiger partial charge is 0.127 e. The Balaban J connectivity index is 0. The third-order valence-corrected chi connectivity index (χ3v) is 5.28. The lowest BCUT2D eigenvalue weighted by Gasteiger charge is -2.19. The van der Waals surface area contributed by atoms with Gasteiger partial charge in [-0.15, -0.1) is 0 Å². The number of ether oxygens (including phenoxy) is 1. The standard InChI is InChI=1S/C18H19ClO.C6H14.CH5N.2CH2O/c1-11-4-6-15(7-5-11)20-18-13(3)9-16-12(2)8-14(19)10-17(16)18;1-3-5-6-4-2;3*1-2/h4-8,10,13,18H,9H2,1-3H3;3-6H2,1-2H3;2H2,1H3;2*1H2/t13?,18-;;;;/m1..../s1. The van der Waals surface area contributed by atoms with Crippen LogP contribution in [-0.2, 0) is 16.0 Å². The van der Waals surface area contributed by atoms with Crippen molar-refractivity contribution in [3.05, 3.63) is 63.7 Å². The topological polar surface area (TPSA) is 69.4 Å². The summed E-state index contributed by atoms with van der Waals surface area (Å²) in [5, 5.41) is 0.799. The summed E-state index contributed by atoms with van der Waals surface area (Å²) in [7, 11) is 1.50. The monoisotopic (exact) mass is 463 g/mol. The van der Waals surface area contributed by atoms with Crippen LogP contribution in [0, 0.1) is 19.8 Å². The summed E-state index contributed by atoms with van der Waals surface area (Å²) in [6, 6.07) is 12.3. The van der Waals surface area contributed by atoms with Crippen molar-refractivity contribution in [1.82, 2.24) is 0 Å². The number of nitrogens with two attached hydrogens (primary N) is 1. The van der Waals surface area contributed by atoms with Crippen LogP contribution in [0.1, 0.15) is 74.8 Å². The summed E-state index contributed by atoms with van der Waals surface area (Å²) in [6.07, 6.45) is 6.70. The van der Waals surface area contributed by atoms with Gasteiger partial charge in [0.15, 0.2) is 0 Å². The second kappa shape index (κ2) is 19.5. The van der Waals surface area contributed by atoms with E-state index in [1.54, 1.807) is 0 Å². The Labute approximate surface area is 200 Å². The van der Waals surface area contributed by atoms with Crippen LogP contribution in [0.2, 0.25) is 5.02 Å². The summed E-state index contributed by atoms with van der Waals surface area (Å²) < 4.78 is 6.22. The Kier molecular flexibility index (Phi) is 19.5. The van der Waals surface area contributed by atoms with Gasteiger partial charge in [-0.05, 0) is 68.3 Å². The fourth-order valence-corrected chi connectivity index (χ4v) is 3.79. The van der Waals surface area contributed by atoms with Crippen LogP contribution in [0.3, 0.4) is 0 Å². The number of aryl methyl sites for hydroxylation is 2. The van der Waals surface area contributed by atoms with Gasteiger partial charge in [-0.25, -0.2) is 0 Å². The maximum atomic E-state index is 8.00. The second-order valence-corrected chi connectivity index (χ2v) is 7.97. The molecule has 0 aliphatic heterocycles. The maximum Gasteiger partial charge on any atom is 0.127 e. The fourth-order valence-electron chi connectivity index (χ4n) is 3.51. The van der Waals surface area contributed by atoms with Crippen molar-refractivity contribution in [1.29, 1.82) is 0 Å². The molecule has 0 saturated carbocycles. The number of rotatable bonds is 5. The summed E-state index contributed by atoms with van der Waals surface area (Å²) in [4.78, 5) is 16.0. The van der Waals surface area contributed by atoms with Gasteiger partial charge in [0, 0.05) is 10.9 Å². The maximum absolute atomic E-state index is 8.00. The zero-order chi connectivity index (χ0) is 25.1. The minimum absolute atomic E-state index is 0.102. The Hall–Kier alpha value is -2.17. The molecule has 180 valence electrons. The first-order valence-corrected chi connectivity index (χ1v) is 11.5. The molecule has 1 unspecified atom stereocenters. The van der Waals surface area contributed by atoms with Crippen molar-refractivity contribution in [3.63, 3.8) is 0 Å². The summed E-state index contributed by atoms with van der Waals surface area (Å²) >= 11 is 6.21. The molecule has 32 heavy (non-hydrogen) atoms. The molecule has 0 fully saturated rings. The van der Waals surface area contributed by atoms with E-state index in [9.17, 15) is 0 Å². The number of unbranched alkanes of at least 4 members (excludes halogenated alkanes) is 3. The molecule has 3 rings (SSSR count). The lowest BCUT2D eigenvalue weighted by Crippen LogP contribution is -2.11. The summed E-state index contributed by atoms with van der Waals surface area (Å²) in [5.74, 6) is 1.40. The first-order chi connectivity index (χ1) is 15.5. The number of hydrogen-bond donors (Lipinski definition) is 1. The molecular weight excluding hydrogens is 422 g/mol. The Morgan fingerprint density at radius 2 is 1.47 bits per heavy atom. The molecule has 0 saturated heterocycles. The zero-order valence-electron chi connectivity index (χ0n) is 20.7. The fraction of sp³-hybridized carbons (Fsp3) is 0.481. The number of fused-ring (bicyclic) bond motifs is 1. The van der Waals surface area contributed by atoms with Gasteiger partial charge in [-0.1, -0.05) is 75.8 Å². The van der Waals surface area contributed by atoms with Crippen molar-refractivity contribution in [2.45, 2.75) is 72.8 Å². The molecule has 1 aliphatic rings. The Bertz CT molecular complexity index is 728. The highest BCUT2D eigenvalue weighted by Crippen LogP contribution is 2.41. The molecule has 5 heteroatoms. The SMILES string of the molecule is C=O.C=O.CCCCCC.CN.Cc1ccc(O[C@H]2c3cc(Cl)cc(C)c3CC2C)cc1. The molecular formula is C27H42ClNO3. The highest BCUT2D eigenvalue weighted by atomic mass is 35.5. The van der Waals surface area contributed by atoms with Gasteiger partial charge in [-0.3, -0.25) is 0 Å². The van der Waals surface area contributed by atoms with Crippen LogP contribution in [0.15, 0.2) is 36.4 Å². The van der Waals surface area contributed by atoms with Crippen LogP contribution in [0.4, 0.5) is 0 Å². The molecule has 1 aliphatic carbocycles. The number of halogens is 1. The minimum atomic E-state index is 0.102. The summed E-state index contributed by atoms with van der Waals surface area (Å²) in [6.45, 7) is 14.9. The van der Waals surface area contributed by atoms with Crippen molar-refractivity contribution >= 4 is 25.2 Å². The van der Waals surface area contributed by atoms with E-state index >= 15 is 0 Å². The number of carbonyl (C=O) groups excluding carboxylic acids is 2. The van der Waals surface area contributed by atoms with Crippen molar-refractivity contribution < 1.29 is 14.3 Å². The van der Waals surface area contributed by atoms with Gasteiger partial charge in [0.25, 0.3) is 0 Å². The second-order valence-electron chi connectivity index (χ2n) is 7.53. The molecule has 2 atom stereocenters. The molecule has 0 heterocycles. The molecule has 2 aromatic carbocycles. The highest BCUT2D eigenvalue weighted by Gasteiger charge is 2.32. The highest BCUT2D eigenvalue weighted by molar-refractivity contribution is 6.30. The molecule has 0 radical (unpaired) electrons. The van der Waals surface area contributed by atoms with Gasteiger partial charge < -0.3 is 20.1 Å². The number of hydrogen-bond acceptors (Lipinski definition) is 4. The lowest BCUT2D eigenvalue weighted by molar-refractivity contribution is -0.0987. The normalized spacial score (nSPS) is 15.1. The third-order valence-electron chi connectivity index (χ3n) is 5.06. The van der Waals surface area contributed by atoms with E-state index in [-0.39, 0.29) is 6.10 Å². The predicted molar refractivity (Wildman–Crippen MR) is 138 cm³/mol. The largest absolute Gasteiger partial charge is 0.485 e. The van der Waals surface area contributed by atoms with E-state index in [0.717, 1.165) is 17.2 Å². The lowest BCUT2D eigenvalue weighted by atomic mass is 10.0. The van der Waals surface area contributed by atoms with E-state index < -0.39 is 0 Å². The number of carbonyl (C=O) groups is 2. The van der Waals surface area contributed by atoms with Crippen molar-refractivity contribution in [3.8, 4) is 5.75 Å². The molecule has 0 bridgehead atoms. The van der Waals surface area contributed by atoms with Crippen LogP contribution in [-0.4, -0.2) is 20.6 Å². The van der Waals surface area contributed by atoms with Gasteiger partial charge in [0.1, 0.15) is 25.4 Å². The van der Waals surface area contributed by atoms with Crippen LogP contribution in [0.5, 0.6) is 5.75 Å². The minimum Gasteiger partial charge on any atom is -0.485 e. The van der Waals surface area contributed by atoms with E-state index in [4.69, 9.17) is 25.9 Å². The number of benzene rings is 2. The van der Waals surface area contributed by atoms with Crippen LogP contribution in [0.25, 0.3) is 0 Å². The van der Waals surface area contributed by atoms with E-state index in [2.05, 4.69) is 58.6 Å². The van der Waals surface area contributed by atoms with Gasteiger partial charge >= 0.3 is 0 Å².